The fraction of sp³-hybridized carbons (Fsp3) is 0.387. The van der Waals surface area contributed by atoms with Gasteiger partial charge in [0.15, 0.2) is 5.78 Å². The molecule has 0 bridgehead atoms. The molecule has 1 fully saturated rings. The predicted octanol–water partition coefficient (Wildman–Crippen LogP) is 7.13. The maximum absolute atomic E-state index is 13.4. The first-order valence-electron chi connectivity index (χ1n) is 12.8. The van der Waals surface area contributed by atoms with Gasteiger partial charge in [-0.2, -0.15) is 0 Å². The lowest BCUT2D eigenvalue weighted by atomic mass is 9.82. The van der Waals surface area contributed by atoms with E-state index in [0.29, 0.717) is 11.7 Å². The van der Waals surface area contributed by atoms with Gasteiger partial charge in [-0.05, 0) is 91.3 Å². The van der Waals surface area contributed by atoms with E-state index in [1.54, 1.807) is 0 Å². The molecule has 2 atom stereocenters. The van der Waals surface area contributed by atoms with E-state index in [2.05, 4.69) is 60.4 Å². The van der Waals surface area contributed by atoms with Gasteiger partial charge in [-0.25, -0.2) is 0 Å². The van der Waals surface area contributed by atoms with E-state index in [1.165, 1.54) is 77.8 Å². The summed E-state index contributed by atoms with van der Waals surface area (Å²) < 4.78 is 0. The molecule has 1 saturated carbocycles. The van der Waals surface area contributed by atoms with Crippen molar-refractivity contribution in [2.75, 3.05) is 18.0 Å². The number of Topliss-reactive ketones (excluding diaryl/α,β-unsaturated/α-hetero) is 1. The Morgan fingerprint density at radius 2 is 1.55 bits per heavy atom. The molecule has 3 aliphatic rings. The van der Waals surface area contributed by atoms with Crippen LogP contribution in [0.1, 0.15) is 70.6 Å². The minimum atomic E-state index is 0.0983. The fourth-order valence-corrected chi connectivity index (χ4v) is 6.52. The Bertz CT molecular complexity index is 1160. The van der Waals surface area contributed by atoms with Gasteiger partial charge in [-0.3, -0.25) is 4.79 Å². The van der Waals surface area contributed by atoms with Crippen LogP contribution in [-0.2, 0) is 12.8 Å². The van der Waals surface area contributed by atoms with E-state index in [4.69, 9.17) is 0 Å². The summed E-state index contributed by atoms with van der Waals surface area (Å²) in [6.07, 6.45) is 8.17. The molecule has 0 radical (unpaired) electrons. The molecule has 2 nitrogen and oxygen atoms in total. The highest BCUT2D eigenvalue weighted by Gasteiger charge is 2.34. The fourth-order valence-electron chi connectivity index (χ4n) is 6.52. The standard InChI is InChI=1S/C31H33NO/c1-21-12-14-22(15-13-21)31(33)29-11-3-10-28(29)24-7-2-6-23(18-24)27-19-25-8-4-16-32-17-5-9-26(20-27)30(25)32/h2,6-7,12-15,18-20,28-29H,3-5,8-11,16-17H2,1H3. The van der Waals surface area contributed by atoms with Crippen LogP contribution in [0.3, 0.4) is 0 Å². The normalized spacial score (nSPS) is 21.7. The molecule has 2 heterocycles. The number of benzene rings is 3. The molecule has 0 saturated heterocycles. The molecule has 6 rings (SSSR count). The molecule has 3 aromatic carbocycles. The van der Waals surface area contributed by atoms with Gasteiger partial charge in [0.1, 0.15) is 0 Å². The zero-order chi connectivity index (χ0) is 22.4. The molecule has 0 amide bonds. The number of rotatable bonds is 4. The first-order chi connectivity index (χ1) is 16.2. The van der Waals surface area contributed by atoms with Crippen molar-refractivity contribution in [3.8, 4) is 11.1 Å². The largest absolute Gasteiger partial charge is 0.371 e. The molecule has 0 N–H and O–H groups in total. The first kappa shape index (κ1) is 20.7. The van der Waals surface area contributed by atoms with Crippen LogP contribution < -0.4 is 4.90 Å². The van der Waals surface area contributed by atoms with Crippen LogP contribution in [0.25, 0.3) is 11.1 Å². The van der Waals surface area contributed by atoms with E-state index in [9.17, 15) is 4.79 Å². The quantitative estimate of drug-likeness (QED) is 0.406. The third-order valence-corrected chi connectivity index (χ3v) is 8.17. The first-order valence-corrected chi connectivity index (χ1v) is 12.8. The van der Waals surface area contributed by atoms with Crippen LogP contribution in [-0.4, -0.2) is 18.9 Å². The summed E-state index contributed by atoms with van der Waals surface area (Å²) >= 11 is 0. The van der Waals surface area contributed by atoms with Crippen molar-refractivity contribution < 1.29 is 4.79 Å². The molecule has 0 aromatic heterocycles. The predicted molar refractivity (Wildman–Crippen MR) is 136 cm³/mol. The minimum absolute atomic E-state index is 0.0983. The molecule has 2 aliphatic heterocycles. The van der Waals surface area contributed by atoms with Crippen molar-refractivity contribution in [3.63, 3.8) is 0 Å². The Labute approximate surface area is 197 Å². The Morgan fingerprint density at radius 1 is 0.818 bits per heavy atom. The van der Waals surface area contributed by atoms with Gasteiger partial charge in [-0.15, -0.1) is 0 Å². The van der Waals surface area contributed by atoms with Gasteiger partial charge in [0, 0.05) is 30.3 Å². The zero-order valence-corrected chi connectivity index (χ0v) is 19.6. The highest BCUT2D eigenvalue weighted by Crippen LogP contribution is 2.43. The summed E-state index contributed by atoms with van der Waals surface area (Å²) in [6.45, 7) is 4.50. The van der Waals surface area contributed by atoms with Crippen molar-refractivity contribution in [1.82, 2.24) is 0 Å². The Balaban J connectivity index is 1.32. The topological polar surface area (TPSA) is 20.3 Å². The van der Waals surface area contributed by atoms with Crippen molar-refractivity contribution in [3.05, 3.63) is 88.5 Å². The monoisotopic (exact) mass is 435 g/mol. The number of carbonyl (C=O) groups excluding carboxylic acids is 1. The molecule has 2 heteroatoms. The third kappa shape index (κ3) is 3.80. The molecule has 2 unspecified atom stereocenters. The molecule has 3 aromatic rings. The second kappa shape index (κ2) is 8.48. The Kier molecular flexibility index (Phi) is 5.32. The lowest BCUT2D eigenvalue weighted by Crippen LogP contribution is -2.34. The molecular formula is C31H33NO. The van der Waals surface area contributed by atoms with Crippen LogP contribution in [0.4, 0.5) is 5.69 Å². The number of hydrogen-bond donors (Lipinski definition) is 0. The summed E-state index contributed by atoms with van der Waals surface area (Å²) in [7, 11) is 0. The van der Waals surface area contributed by atoms with Gasteiger partial charge in [0.05, 0.1) is 0 Å². The molecule has 0 spiro atoms. The lowest BCUT2D eigenvalue weighted by Gasteiger charge is -2.37. The van der Waals surface area contributed by atoms with Crippen LogP contribution in [0, 0.1) is 12.8 Å². The summed E-state index contributed by atoms with van der Waals surface area (Å²) in [5.41, 5.74) is 10.7. The van der Waals surface area contributed by atoms with E-state index in [1.807, 2.05) is 12.1 Å². The third-order valence-electron chi connectivity index (χ3n) is 8.17. The second-order valence-corrected chi connectivity index (χ2v) is 10.3. The van der Waals surface area contributed by atoms with Crippen molar-refractivity contribution in [2.24, 2.45) is 5.92 Å². The van der Waals surface area contributed by atoms with Crippen LogP contribution in [0.5, 0.6) is 0 Å². The van der Waals surface area contributed by atoms with E-state index >= 15 is 0 Å². The van der Waals surface area contributed by atoms with Crippen LogP contribution in [0.15, 0.2) is 60.7 Å². The maximum atomic E-state index is 13.4. The van der Waals surface area contributed by atoms with Crippen molar-refractivity contribution in [2.45, 2.75) is 57.8 Å². The summed E-state index contributed by atoms with van der Waals surface area (Å²) in [5.74, 6) is 0.743. The molecule has 1 aliphatic carbocycles. The van der Waals surface area contributed by atoms with Crippen LogP contribution >= 0.6 is 0 Å². The molecule has 168 valence electrons. The van der Waals surface area contributed by atoms with Gasteiger partial charge < -0.3 is 4.90 Å². The SMILES string of the molecule is Cc1ccc(C(=O)C2CCCC2c2cccc(-c3cc4c5c(c3)CCCN5CCC4)c2)cc1. The minimum Gasteiger partial charge on any atom is -0.371 e. The maximum Gasteiger partial charge on any atom is 0.166 e. The zero-order valence-electron chi connectivity index (χ0n) is 19.6. The number of carbonyl (C=O) groups is 1. The Morgan fingerprint density at radius 3 is 2.27 bits per heavy atom. The number of anilines is 1. The van der Waals surface area contributed by atoms with Crippen LogP contribution in [0.2, 0.25) is 0 Å². The smallest absolute Gasteiger partial charge is 0.166 e. The summed E-state index contributed by atoms with van der Waals surface area (Å²) in [4.78, 5) is 16.0. The van der Waals surface area contributed by atoms with Crippen molar-refractivity contribution >= 4 is 11.5 Å². The van der Waals surface area contributed by atoms with E-state index in [0.717, 1.165) is 24.8 Å². The molecular weight excluding hydrogens is 402 g/mol. The van der Waals surface area contributed by atoms with Gasteiger partial charge in [0.2, 0.25) is 0 Å². The summed E-state index contributed by atoms with van der Waals surface area (Å²) in [6, 6.07) is 22.1. The molecule has 33 heavy (non-hydrogen) atoms. The average Bonchev–Trinajstić information content (AvgIpc) is 3.35. The highest BCUT2D eigenvalue weighted by atomic mass is 16.1. The van der Waals surface area contributed by atoms with Gasteiger partial charge >= 0.3 is 0 Å². The second-order valence-electron chi connectivity index (χ2n) is 10.3. The van der Waals surface area contributed by atoms with Gasteiger partial charge in [0.25, 0.3) is 0 Å². The van der Waals surface area contributed by atoms with Crippen molar-refractivity contribution in [1.29, 1.82) is 0 Å². The average molecular weight is 436 g/mol. The number of nitrogens with zero attached hydrogens (tertiary/aromatic N) is 1. The van der Waals surface area contributed by atoms with E-state index < -0.39 is 0 Å². The number of ketones is 1. The number of aryl methyl sites for hydroxylation is 3. The van der Waals surface area contributed by atoms with Gasteiger partial charge in [-0.1, -0.05) is 60.5 Å². The Hall–Kier alpha value is -2.87. The van der Waals surface area contributed by atoms with E-state index in [-0.39, 0.29) is 5.92 Å². The lowest BCUT2D eigenvalue weighted by molar-refractivity contribution is 0.0912. The number of hydrogen-bond acceptors (Lipinski definition) is 2. The highest BCUT2D eigenvalue weighted by molar-refractivity contribution is 5.98. The summed E-state index contributed by atoms with van der Waals surface area (Å²) in [5, 5.41) is 0.